The molecule has 134 valence electrons. The average Bonchev–Trinajstić information content (AvgIpc) is 2.62. The first kappa shape index (κ1) is 19.0. The third kappa shape index (κ3) is 5.65. The number of likely N-dealkylation sites (tertiary alicyclic amines) is 1. The molecule has 24 heavy (non-hydrogen) atoms. The Labute approximate surface area is 149 Å². The fourth-order valence-electron chi connectivity index (χ4n) is 3.02. The molecule has 1 aromatic rings. The van der Waals surface area contributed by atoms with Gasteiger partial charge in [0.2, 0.25) is 0 Å². The van der Waals surface area contributed by atoms with Gasteiger partial charge in [0, 0.05) is 32.3 Å². The number of carbonyl (C=O) groups is 1. The number of piperidine rings is 1. The fraction of sp³-hybridized carbons (Fsp3) is 0.611. The minimum Gasteiger partial charge on any atom is -0.383 e. The molecule has 6 heteroatoms. The van der Waals surface area contributed by atoms with Crippen LogP contribution in [0.5, 0.6) is 0 Å². The summed E-state index contributed by atoms with van der Waals surface area (Å²) in [6.45, 7) is 3.86. The molecule has 0 bridgehead atoms. The van der Waals surface area contributed by atoms with Crippen LogP contribution in [-0.2, 0) is 4.74 Å². The molecule has 0 unspecified atom stereocenters. The minimum absolute atomic E-state index is 0.0666. The second-order valence-electron chi connectivity index (χ2n) is 6.26. The second kappa shape index (κ2) is 9.87. The minimum atomic E-state index is -0.0666. The molecule has 1 atom stereocenters. The summed E-state index contributed by atoms with van der Waals surface area (Å²) in [4.78, 5) is 16.4. The Balaban J connectivity index is 2.00. The summed E-state index contributed by atoms with van der Waals surface area (Å²) in [6.07, 6.45) is 3.72. The highest BCUT2D eigenvalue weighted by Gasteiger charge is 2.23. The summed E-state index contributed by atoms with van der Waals surface area (Å²) >= 11 is 6.02. The van der Waals surface area contributed by atoms with Gasteiger partial charge in [-0.15, -0.1) is 0 Å². The number of benzene rings is 1. The zero-order valence-electron chi connectivity index (χ0n) is 14.6. The van der Waals surface area contributed by atoms with Gasteiger partial charge < -0.3 is 15.0 Å². The number of nitrogens with one attached hydrogen (secondary N) is 1. The van der Waals surface area contributed by atoms with Crippen LogP contribution in [0.2, 0.25) is 5.02 Å². The first-order valence-corrected chi connectivity index (χ1v) is 8.97. The van der Waals surface area contributed by atoms with Gasteiger partial charge in [0.25, 0.3) is 0 Å². The molecule has 0 aliphatic carbocycles. The summed E-state index contributed by atoms with van der Waals surface area (Å²) in [7, 11) is 3.42. The molecule has 2 amide bonds. The smallest absolute Gasteiger partial charge is 0.317 e. The largest absolute Gasteiger partial charge is 0.383 e. The Hall–Kier alpha value is -1.30. The van der Waals surface area contributed by atoms with Crippen molar-refractivity contribution in [3.05, 3.63) is 34.9 Å². The lowest BCUT2D eigenvalue weighted by Gasteiger charge is -2.35. The molecule has 2 rings (SSSR count). The molecular weight excluding hydrogens is 326 g/mol. The fourth-order valence-corrected chi connectivity index (χ4v) is 3.15. The van der Waals surface area contributed by atoms with Crippen molar-refractivity contribution >= 4 is 17.6 Å². The first-order valence-electron chi connectivity index (χ1n) is 8.59. The topological polar surface area (TPSA) is 44.8 Å². The van der Waals surface area contributed by atoms with Crippen LogP contribution in [0.4, 0.5) is 4.79 Å². The van der Waals surface area contributed by atoms with Crippen LogP contribution in [0.15, 0.2) is 24.3 Å². The van der Waals surface area contributed by atoms with Crippen molar-refractivity contribution in [3.8, 4) is 0 Å². The number of methoxy groups -OCH3 is 1. The normalized spacial score (nSPS) is 16.6. The third-order valence-electron chi connectivity index (χ3n) is 4.51. The number of hydrogen-bond acceptors (Lipinski definition) is 3. The van der Waals surface area contributed by atoms with Crippen LogP contribution < -0.4 is 5.32 Å². The molecule has 0 aromatic heterocycles. The van der Waals surface area contributed by atoms with Gasteiger partial charge in [0.15, 0.2) is 0 Å². The maximum atomic E-state index is 12.2. The van der Waals surface area contributed by atoms with E-state index >= 15 is 0 Å². The number of rotatable bonds is 7. The lowest BCUT2D eigenvalue weighted by molar-refractivity contribution is 0.147. The number of ether oxygens (including phenoxy) is 1. The van der Waals surface area contributed by atoms with Crippen molar-refractivity contribution in [2.45, 2.75) is 25.3 Å². The zero-order valence-corrected chi connectivity index (χ0v) is 15.4. The number of amides is 2. The van der Waals surface area contributed by atoms with Crippen LogP contribution in [0.3, 0.4) is 0 Å². The quantitative estimate of drug-likeness (QED) is 0.819. The SMILES string of the molecule is COCCN(C)C(=O)NC[C@@H](c1ccc(Cl)cc1)N1CCCCC1. The predicted octanol–water partition coefficient (Wildman–Crippen LogP) is 3.15. The van der Waals surface area contributed by atoms with E-state index in [0.29, 0.717) is 19.7 Å². The Kier molecular flexibility index (Phi) is 7.82. The van der Waals surface area contributed by atoms with Crippen molar-refractivity contribution in [2.75, 3.05) is 46.9 Å². The highest BCUT2D eigenvalue weighted by atomic mass is 35.5. The Morgan fingerprint density at radius 2 is 1.96 bits per heavy atom. The number of likely N-dealkylation sites (N-methyl/N-ethyl adjacent to an activating group) is 1. The first-order chi connectivity index (χ1) is 11.6. The number of urea groups is 1. The molecule has 0 radical (unpaired) electrons. The zero-order chi connectivity index (χ0) is 17.4. The van der Waals surface area contributed by atoms with E-state index in [2.05, 4.69) is 22.3 Å². The maximum absolute atomic E-state index is 12.2. The monoisotopic (exact) mass is 353 g/mol. The van der Waals surface area contributed by atoms with Gasteiger partial charge >= 0.3 is 6.03 Å². The lowest BCUT2D eigenvalue weighted by Crippen LogP contribution is -2.44. The number of nitrogens with zero attached hydrogens (tertiary/aromatic N) is 2. The van der Waals surface area contributed by atoms with Crippen LogP contribution in [0.25, 0.3) is 0 Å². The Morgan fingerprint density at radius 1 is 1.29 bits per heavy atom. The molecule has 1 heterocycles. The van der Waals surface area contributed by atoms with E-state index in [1.807, 2.05) is 12.1 Å². The second-order valence-corrected chi connectivity index (χ2v) is 6.70. The molecule has 1 aromatic carbocycles. The van der Waals surface area contributed by atoms with Crippen molar-refractivity contribution in [2.24, 2.45) is 0 Å². The van der Waals surface area contributed by atoms with Gasteiger partial charge in [-0.25, -0.2) is 4.79 Å². The van der Waals surface area contributed by atoms with E-state index in [0.717, 1.165) is 18.1 Å². The molecule has 1 fully saturated rings. The maximum Gasteiger partial charge on any atom is 0.317 e. The van der Waals surface area contributed by atoms with Crippen LogP contribution in [0, 0.1) is 0 Å². The summed E-state index contributed by atoms with van der Waals surface area (Å²) in [5.74, 6) is 0. The van der Waals surface area contributed by atoms with Crippen molar-refractivity contribution in [1.29, 1.82) is 0 Å². The summed E-state index contributed by atoms with van der Waals surface area (Å²) in [5, 5.41) is 3.79. The van der Waals surface area contributed by atoms with E-state index in [4.69, 9.17) is 16.3 Å². The van der Waals surface area contributed by atoms with Gasteiger partial charge in [-0.1, -0.05) is 30.2 Å². The van der Waals surface area contributed by atoms with E-state index in [1.54, 1.807) is 19.1 Å². The third-order valence-corrected chi connectivity index (χ3v) is 4.76. The van der Waals surface area contributed by atoms with Crippen LogP contribution in [-0.4, -0.2) is 62.8 Å². The van der Waals surface area contributed by atoms with E-state index in [-0.39, 0.29) is 12.1 Å². The molecule has 0 saturated carbocycles. The molecule has 1 aliphatic rings. The summed E-state index contributed by atoms with van der Waals surface area (Å²) < 4.78 is 5.02. The highest BCUT2D eigenvalue weighted by molar-refractivity contribution is 6.30. The van der Waals surface area contributed by atoms with Crippen LogP contribution in [0.1, 0.15) is 30.9 Å². The highest BCUT2D eigenvalue weighted by Crippen LogP contribution is 2.25. The van der Waals surface area contributed by atoms with Crippen molar-refractivity contribution in [1.82, 2.24) is 15.1 Å². The Morgan fingerprint density at radius 3 is 2.58 bits per heavy atom. The van der Waals surface area contributed by atoms with E-state index in [1.165, 1.54) is 24.8 Å². The molecule has 1 aliphatic heterocycles. The molecule has 5 nitrogen and oxygen atoms in total. The summed E-state index contributed by atoms with van der Waals surface area (Å²) in [5.41, 5.74) is 1.20. The van der Waals surface area contributed by atoms with Gasteiger partial charge in [0.1, 0.15) is 0 Å². The van der Waals surface area contributed by atoms with E-state index < -0.39 is 0 Å². The predicted molar refractivity (Wildman–Crippen MR) is 97.5 cm³/mol. The summed E-state index contributed by atoms with van der Waals surface area (Å²) in [6, 6.07) is 8.07. The van der Waals surface area contributed by atoms with Crippen molar-refractivity contribution < 1.29 is 9.53 Å². The number of halogens is 1. The number of carbonyl (C=O) groups excluding carboxylic acids is 1. The lowest BCUT2D eigenvalue weighted by atomic mass is 10.0. The Bertz CT molecular complexity index is 503. The molecule has 1 saturated heterocycles. The van der Waals surface area contributed by atoms with Gasteiger partial charge in [-0.3, -0.25) is 4.90 Å². The van der Waals surface area contributed by atoms with Crippen molar-refractivity contribution in [3.63, 3.8) is 0 Å². The molecular formula is C18H28ClN3O2. The van der Waals surface area contributed by atoms with Gasteiger partial charge in [-0.05, 0) is 43.6 Å². The van der Waals surface area contributed by atoms with Gasteiger partial charge in [-0.2, -0.15) is 0 Å². The molecule has 1 N–H and O–H groups in total. The van der Waals surface area contributed by atoms with Gasteiger partial charge in [0.05, 0.1) is 12.6 Å². The number of hydrogen-bond donors (Lipinski definition) is 1. The molecule has 0 spiro atoms. The van der Waals surface area contributed by atoms with E-state index in [9.17, 15) is 4.79 Å². The average molecular weight is 354 g/mol. The van der Waals surface area contributed by atoms with Crippen LogP contribution >= 0.6 is 11.6 Å². The standard InChI is InChI=1S/C18H28ClN3O2/c1-21(12-13-24-2)18(23)20-14-17(22-10-4-3-5-11-22)15-6-8-16(19)9-7-15/h6-9,17H,3-5,10-14H2,1-2H3,(H,20,23)/t17-/m0/s1.